The van der Waals surface area contributed by atoms with Gasteiger partial charge in [-0.2, -0.15) is 0 Å². The van der Waals surface area contributed by atoms with Crippen molar-refractivity contribution in [2.75, 3.05) is 37.9 Å². The number of rotatable bonds is 7. The van der Waals surface area contributed by atoms with Gasteiger partial charge in [0.15, 0.2) is 11.5 Å². The summed E-state index contributed by atoms with van der Waals surface area (Å²) in [6.07, 6.45) is 1.08. The molecule has 0 saturated heterocycles. The highest BCUT2D eigenvalue weighted by Crippen LogP contribution is 2.35. The summed E-state index contributed by atoms with van der Waals surface area (Å²) in [5.74, 6) is 1.32. The molecule has 1 amide bonds. The summed E-state index contributed by atoms with van der Waals surface area (Å²) in [5.41, 5.74) is 1.17. The van der Waals surface area contributed by atoms with Gasteiger partial charge in [-0.05, 0) is 25.1 Å². The molecule has 0 spiro atoms. The van der Waals surface area contributed by atoms with Gasteiger partial charge in [-0.25, -0.2) is 8.42 Å². The number of carbonyl (C=O) groups excluding carboxylic acids is 1. The Morgan fingerprint density at radius 2 is 1.80 bits per heavy atom. The van der Waals surface area contributed by atoms with E-state index >= 15 is 0 Å². The lowest BCUT2D eigenvalue weighted by Gasteiger charge is -2.32. The second-order valence-electron chi connectivity index (χ2n) is 7.07. The van der Waals surface area contributed by atoms with E-state index in [2.05, 4.69) is 0 Å². The number of sulfonamides is 1. The summed E-state index contributed by atoms with van der Waals surface area (Å²) >= 11 is 0. The number of likely N-dealkylation sites (N-methyl/N-ethyl adjacent to an activating group) is 1. The highest BCUT2D eigenvalue weighted by Gasteiger charge is 2.32. The number of carbonyl (C=O) groups is 1. The molecule has 1 aliphatic rings. The quantitative estimate of drug-likeness (QED) is 0.665. The van der Waals surface area contributed by atoms with E-state index < -0.39 is 16.1 Å². The predicted octanol–water partition coefficient (Wildman–Crippen LogP) is 2.28. The van der Waals surface area contributed by atoms with E-state index in [4.69, 9.17) is 14.2 Å². The molecule has 0 saturated carbocycles. The fraction of sp³-hybridized carbons (Fsp3) is 0.381. The van der Waals surface area contributed by atoms with Crippen LogP contribution in [0.1, 0.15) is 12.5 Å². The number of ether oxygens (including phenoxy) is 3. The molecule has 1 heterocycles. The smallest absolute Gasteiger partial charge is 0.246 e. The molecular weight excluding hydrogens is 408 g/mol. The molecule has 162 valence electrons. The molecule has 1 aliphatic heterocycles. The molecule has 8 nitrogen and oxygen atoms in total. The van der Waals surface area contributed by atoms with Crippen LogP contribution in [0, 0.1) is 0 Å². The van der Waals surface area contributed by atoms with E-state index in [0.29, 0.717) is 36.1 Å². The van der Waals surface area contributed by atoms with Gasteiger partial charge in [-0.1, -0.05) is 18.2 Å². The maximum absolute atomic E-state index is 13.1. The highest BCUT2D eigenvalue weighted by atomic mass is 32.2. The average Bonchev–Trinajstić information content (AvgIpc) is 2.72. The van der Waals surface area contributed by atoms with Gasteiger partial charge in [0.1, 0.15) is 25.0 Å². The lowest BCUT2D eigenvalue weighted by atomic mass is 10.1. The largest absolute Gasteiger partial charge is 0.496 e. The summed E-state index contributed by atoms with van der Waals surface area (Å²) < 4.78 is 42.7. The molecule has 0 aliphatic carbocycles. The number of nitrogens with zero attached hydrogens (tertiary/aromatic N) is 2. The van der Waals surface area contributed by atoms with E-state index in [1.807, 2.05) is 24.3 Å². The molecule has 0 bridgehead atoms. The molecule has 0 radical (unpaired) electrons. The minimum Gasteiger partial charge on any atom is -0.496 e. The zero-order chi connectivity index (χ0) is 21.9. The van der Waals surface area contributed by atoms with Crippen LogP contribution in [0.15, 0.2) is 42.5 Å². The van der Waals surface area contributed by atoms with E-state index in [9.17, 15) is 13.2 Å². The topological polar surface area (TPSA) is 85.4 Å². The van der Waals surface area contributed by atoms with Gasteiger partial charge in [0.05, 0.1) is 19.1 Å². The van der Waals surface area contributed by atoms with Crippen LogP contribution >= 0.6 is 0 Å². The first-order chi connectivity index (χ1) is 14.2. The summed E-state index contributed by atoms with van der Waals surface area (Å²) in [4.78, 5) is 14.6. The predicted molar refractivity (Wildman–Crippen MR) is 114 cm³/mol. The van der Waals surface area contributed by atoms with Crippen LogP contribution in [0.5, 0.6) is 17.2 Å². The van der Waals surface area contributed by atoms with Crippen molar-refractivity contribution < 1.29 is 27.4 Å². The summed E-state index contributed by atoms with van der Waals surface area (Å²) in [7, 11) is -0.543. The van der Waals surface area contributed by atoms with Crippen molar-refractivity contribution >= 4 is 21.6 Å². The molecule has 3 rings (SSSR count). The van der Waals surface area contributed by atoms with Crippen molar-refractivity contribution in [3.63, 3.8) is 0 Å². The standard InChI is InChI=1S/C21H26N2O6S/c1-15(21(24)22(2)14-16-7-5-6-8-18(16)27-3)23(30(4,25)26)17-9-10-19-20(13-17)29-12-11-28-19/h5-10,13,15H,11-12,14H2,1-4H3/t15-/m0/s1. The zero-order valence-electron chi connectivity index (χ0n) is 17.5. The van der Waals surface area contributed by atoms with Crippen molar-refractivity contribution in [2.24, 2.45) is 0 Å². The first kappa shape index (κ1) is 21.8. The van der Waals surface area contributed by atoms with Crippen LogP contribution in [0.25, 0.3) is 0 Å². The normalized spacial score (nSPS) is 14.0. The van der Waals surface area contributed by atoms with Crippen LogP contribution in [0.4, 0.5) is 5.69 Å². The molecule has 2 aromatic carbocycles. The maximum Gasteiger partial charge on any atom is 0.246 e. The third-order valence-electron chi connectivity index (χ3n) is 4.82. The van der Waals surface area contributed by atoms with Gasteiger partial charge in [0, 0.05) is 25.2 Å². The maximum atomic E-state index is 13.1. The lowest BCUT2D eigenvalue weighted by molar-refractivity contribution is -0.131. The molecule has 0 fully saturated rings. The number of amides is 1. The van der Waals surface area contributed by atoms with Crippen molar-refractivity contribution in [2.45, 2.75) is 19.5 Å². The molecule has 1 atom stereocenters. The summed E-state index contributed by atoms with van der Waals surface area (Å²) in [6.45, 7) is 2.67. The lowest BCUT2D eigenvalue weighted by Crippen LogP contribution is -2.48. The molecule has 30 heavy (non-hydrogen) atoms. The number of fused-ring (bicyclic) bond motifs is 1. The molecule has 0 aromatic heterocycles. The Balaban J connectivity index is 1.86. The van der Waals surface area contributed by atoms with Gasteiger partial charge < -0.3 is 19.1 Å². The average molecular weight is 435 g/mol. The molecule has 2 aromatic rings. The third kappa shape index (κ3) is 4.62. The van der Waals surface area contributed by atoms with E-state index in [1.54, 1.807) is 39.3 Å². The first-order valence-corrected chi connectivity index (χ1v) is 11.3. The Bertz CT molecular complexity index is 1020. The molecule has 0 unspecified atom stereocenters. The van der Waals surface area contributed by atoms with Gasteiger partial charge in [0.2, 0.25) is 15.9 Å². The summed E-state index contributed by atoms with van der Waals surface area (Å²) in [5, 5.41) is 0. The van der Waals surface area contributed by atoms with Crippen molar-refractivity contribution in [3.8, 4) is 17.2 Å². The van der Waals surface area contributed by atoms with Gasteiger partial charge >= 0.3 is 0 Å². The fourth-order valence-corrected chi connectivity index (χ4v) is 4.62. The van der Waals surface area contributed by atoms with Gasteiger partial charge in [-0.3, -0.25) is 9.10 Å². The van der Waals surface area contributed by atoms with E-state index in [0.717, 1.165) is 16.1 Å². The van der Waals surface area contributed by atoms with E-state index in [1.165, 1.54) is 4.90 Å². The SMILES string of the molecule is COc1ccccc1CN(C)C(=O)[C@H](C)N(c1ccc2c(c1)OCCO2)S(C)(=O)=O. The second kappa shape index (κ2) is 8.83. The zero-order valence-corrected chi connectivity index (χ0v) is 18.3. The van der Waals surface area contributed by atoms with Gasteiger partial charge in [-0.15, -0.1) is 0 Å². The number of anilines is 1. The minimum absolute atomic E-state index is 0.284. The Hall–Kier alpha value is -2.94. The fourth-order valence-electron chi connectivity index (χ4n) is 3.46. The third-order valence-corrected chi connectivity index (χ3v) is 6.06. The van der Waals surface area contributed by atoms with Gasteiger partial charge in [0.25, 0.3) is 0 Å². The Kier molecular flexibility index (Phi) is 6.40. The Morgan fingerprint density at radius 3 is 2.47 bits per heavy atom. The molecule has 9 heteroatoms. The number of hydrogen-bond acceptors (Lipinski definition) is 6. The van der Waals surface area contributed by atoms with Crippen molar-refractivity contribution in [1.29, 1.82) is 0 Å². The highest BCUT2D eigenvalue weighted by molar-refractivity contribution is 7.92. The van der Waals surface area contributed by atoms with Crippen LogP contribution < -0.4 is 18.5 Å². The first-order valence-electron chi connectivity index (χ1n) is 9.48. The monoisotopic (exact) mass is 434 g/mol. The number of methoxy groups -OCH3 is 1. The van der Waals surface area contributed by atoms with Crippen molar-refractivity contribution in [1.82, 2.24) is 4.90 Å². The number of benzene rings is 2. The van der Waals surface area contributed by atoms with Crippen LogP contribution in [-0.2, 0) is 21.4 Å². The Labute approximate surface area is 177 Å². The van der Waals surface area contributed by atoms with Crippen LogP contribution in [-0.4, -0.2) is 58.9 Å². The molecular formula is C21H26N2O6S. The van der Waals surface area contributed by atoms with Crippen LogP contribution in [0.2, 0.25) is 0 Å². The van der Waals surface area contributed by atoms with Crippen molar-refractivity contribution in [3.05, 3.63) is 48.0 Å². The Morgan fingerprint density at radius 1 is 1.13 bits per heavy atom. The molecule has 0 N–H and O–H groups in total. The summed E-state index contributed by atoms with van der Waals surface area (Å²) in [6, 6.07) is 11.3. The number of para-hydroxylation sites is 1. The minimum atomic E-state index is -3.74. The number of hydrogen-bond donors (Lipinski definition) is 0. The van der Waals surface area contributed by atoms with E-state index in [-0.39, 0.29) is 12.5 Å². The van der Waals surface area contributed by atoms with Crippen LogP contribution in [0.3, 0.4) is 0 Å². The second-order valence-corrected chi connectivity index (χ2v) is 8.93.